The highest BCUT2D eigenvalue weighted by molar-refractivity contribution is 5.85. The van der Waals surface area contributed by atoms with Crippen molar-refractivity contribution in [3.63, 3.8) is 0 Å². The summed E-state index contributed by atoms with van der Waals surface area (Å²) in [6, 6.07) is 35.5. The summed E-state index contributed by atoms with van der Waals surface area (Å²) in [6.07, 6.45) is 0. The van der Waals surface area contributed by atoms with E-state index in [1.54, 1.807) is 4.57 Å². The number of hydrogen-bond donors (Lipinski definition) is 0. The summed E-state index contributed by atoms with van der Waals surface area (Å²) in [5, 5.41) is 0.606. The Morgan fingerprint density at radius 3 is 1.83 bits per heavy atom. The van der Waals surface area contributed by atoms with Crippen molar-refractivity contribution in [1.29, 1.82) is 0 Å². The van der Waals surface area contributed by atoms with Crippen LogP contribution in [-0.4, -0.2) is 9.55 Å². The van der Waals surface area contributed by atoms with Gasteiger partial charge < -0.3 is 0 Å². The molecule has 4 aromatic carbocycles. The van der Waals surface area contributed by atoms with Gasteiger partial charge in [-0.3, -0.25) is 9.36 Å². The van der Waals surface area contributed by atoms with E-state index in [1.807, 2.05) is 109 Å². The summed E-state index contributed by atoms with van der Waals surface area (Å²) in [7, 11) is 0. The van der Waals surface area contributed by atoms with Gasteiger partial charge in [-0.15, -0.1) is 0 Å². The van der Waals surface area contributed by atoms with E-state index >= 15 is 0 Å². The van der Waals surface area contributed by atoms with Crippen molar-refractivity contribution in [2.24, 2.45) is 0 Å². The van der Waals surface area contributed by atoms with Gasteiger partial charge in [-0.1, -0.05) is 84.9 Å². The molecule has 5 aromatic rings. The Morgan fingerprint density at radius 1 is 0.586 bits per heavy atom. The molecule has 0 unspecified atom stereocenters. The van der Waals surface area contributed by atoms with Crippen LogP contribution < -0.4 is 5.56 Å². The van der Waals surface area contributed by atoms with Crippen LogP contribution in [-0.2, 0) is 0 Å². The van der Waals surface area contributed by atoms with Crippen molar-refractivity contribution >= 4 is 10.9 Å². The molecule has 0 bridgehead atoms. The highest BCUT2D eigenvalue weighted by atomic mass is 16.1. The van der Waals surface area contributed by atoms with E-state index in [1.165, 1.54) is 0 Å². The van der Waals surface area contributed by atoms with Gasteiger partial charge in [0.05, 0.1) is 16.6 Å². The largest absolute Gasteiger partial charge is 0.268 e. The van der Waals surface area contributed by atoms with Gasteiger partial charge in [0.2, 0.25) is 0 Å². The number of benzene rings is 4. The quantitative estimate of drug-likeness (QED) is 0.405. The lowest BCUT2D eigenvalue weighted by Crippen LogP contribution is -2.22. The van der Waals surface area contributed by atoms with Crippen LogP contribution in [0, 0.1) is 0 Å². The minimum absolute atomic E-state index is 0.0714. The lowest BCUT2D eigenvalue weighted by atomic mass is 10.0. The van der Waals surface area contributed by atoms with Crippen molar-refractivity contribution in [3.05, 3.63) is 120 Å². The molecule has 0 saturated heterocycles. The van der Waals surface area contributed by atoms with E-state index in [2.05, 4.69) is 0 Å². The smallest absolute Gasteiger partial charge is 0.266 e. The van der Waals surface area contributed by atoms with Gasteiger partial charge in [-0.05, 0) is 35.4 Å². The Kier molecular flexibility index (Phi) is 4.26. The molecule has 0 aliphatic carbocycles. The Bertz CT molecular complexity index is 1340. The van der Waals surface area contributed by atoms with Crippen molar-refractivity contribution in [2.45, 2.75) is 0 Å². The SMILES string of the molecule is O=c1c2cc(-c3ccccc3)ccc2nc(-c2ccccc2)n1-c1ccccc1. The van der Waals surface area contributed by atoms with Crippen molar-refractivity contribution in [2.75, 3.05) is 0 Å². The van der Waals surface area contributed by atoms with Crippen LogP contribution in [0.15, 0.2) is 114 Å². The molecule has 29 heavy (non-hydrogen) atoms. The normalized spacial score (nSPS) is 10.9. The third kappa shape index (κ3) is 3.13. The minimum atomic E-state index is -0.0714. The highest BCUT2D eigenvalue weighted by Gasteiger charge is 2.15. The molecule has 3 heteroatoms. The van der Waals surface area contributed by atoms with E-state index in [9.17, 15) is 4.79 Å². The third-order valence-corrected chi connectivity index (χ3v) is 5.02. The first kappa shape index (κ1) is 17.1. The maximum atomic E-state index is 13.6. The topological polar surface area (TPSA) is 34.9 Å². The highest BCUT2D eigenvalue weighted by Crippen LogP contribution is 2.25. The van der Waals surface area contributed by atoms with E-state index in [0.29, 0.717) is 16.7 Å². The lowest BCUT2D eigenvalue weighted by Gasteiger charge is -2.14. The molecule has 0 aliphatic heterocycles. The maximum absolute atomic E-state index is 13.6. The van der Waals surface area contributed by atoms with Crippen LogP contribution in [0.2, 0.25) is 0 Å². The third-order valence-electron chi connectivity index (χ3n) is 5.02. The van der Waals surface area contributed by atoms with Crippen LogP contribution >= 0.6 is 0 Å². The van der Waals surface area contributed by atoms with Gasteiger partial charge in [0.25, 0.3) is 5.56 Å². The average Bonchev–Trinajstić information content (AvgIpc) is 2.80. The standard InChI is InChI=1S/C26H18N2O/c29-26-23-18-21(19-10-4-1-5-11-19)16-17-24(23)27-25(20-12-6-2-7-13-20)28(26)22-14-8-3-9-15-22/h1-18H. The predicted molar refractivity (Wildman–Crippen MR) is 118 cm³/mol. The second kappa shape index (κ2) is 7.21. The maximum Gasteiger partial charge on any atom is 0.266 e. The Balaban J connectivity index is 1.83. The number of para-hydroxylation sites is 1. The van der Waals surface area contributed by atoms with Crippen LogP contribution in [0.4, 0.5) is 0 Å². The summed E-state index contributed by atoms with van der Waals surface area (Å²) in [6.45, 7) is 0. The van der Waals surface area contributed by atoms with Crippen LogP contribution in [0.25, 0.3) is 39.1 Å². The molecule has 3 nitrogen and oxygen atoms in total. The molecule has 138 valence electrons. The van der Waals surface area contributed by atoms with Crippen molar-refractivity contribution < 1.29 is 0 Å². The second-order valence-electron chi connectivity index (χ2n) is 6.88. The zero-order valence-corrected chi connectivity index (χ0v) is 15.7. The van der Waals surface area contributed by atoms with Crippen molar-refractivity contribution in [3.8, 4) is 28.2 Å². The number of aromatic nitrogens is 2. The zero-order chi connectivity index (χ0) is 19.6. The number of hydrogen-bond acceptors (Lipinski definition) is 2. The molecule has 5 rings (SSSR count). The van der Waals surface area contributed by atoms with Crippen LogP contribution in [0.5, 0.6) is 0 Å². The predicted octanol–water partition coefficient (Wildman–Crippen LogP) is 5.72. The molecule has 0 spiro atoms. The van der Waals surface area contributed by atoms with Gasteiger partial charge in [-0.2, -0.15) is 0 Å². The summed E-state index contributed by atoms with van der Waals surface area (Å²) < 4.78 is 1.70. The summed E-state index contributed by atoms with van der Waals surface area (Å²) in [5.41, 5.74) is 4.41. The van der Waals surface area contributed by atoms with E-state index in [0.717, 1.165) is 22.4 Å². The van der Waals surface area contributed by atoms with Gasteiger partial charge in [-0.25, -0.2) is 4.98 Å². The molecular weight excluding hydrogens is 356 g/mol. The molecule has 0 fully saturated rings. The van der Waals surface area contributed by atoms with Crippen molar-refractivity contribution in [1.82, 2.24) is 9.55 Å². The summed E-state index contributed by atoms with van der Waals surface area (Å²) in [4.78, 5) is 18.5. The first-order chi connectivity index (χ1) is 14.3. The molecule has 0 radical (unpaired) electrons. The van der Waals surface area contributed by atoms with E-state index < -0.39 is 0 Å². The van der Waals surface area contributed by atoms with Gasteiger partial charge in [0.1, 0.15) is 5.82 Å². The van der Waals surface area contributed by atoms with Crippen LogP contribution in [0.3, 0.4) is 0 Å². The van der Waals surface area contributed by atoms with Crippen LogP contribution in [0.1, 0.15) is 0 Å². The van der Waals surface area contributed by atoms with E-state index in [4.69, 9.17) is 4.98 Å². The number of nitrogens with zero attached hydrogens (tertiary/aromatic N) is 2. The summed E-state index contributed by atoms with van der Waals surface area (Å²) >= 11 is 0. The fourth-order valence-corrected chi connectivity index (χ4v) is 3.59. The Labute approximate surface area is 168 Å². The number of rotatable bonds is 3. The monoisotopic (exact) mass is 374 g/mol. The molecule has 0 atom stereocenters. The first-order valence-corrected chi connectivity index (χ1v) is 9.54. The summed E-state index contributed by atoms with van der Waals surface area (Å²) in [5.74, 6) is 0.641. The average molecular weight is 374 g/mol. The lowest BCUT2D eigenvalue weighted by molar-refractivity contribution is 0.976. The van der Waals surface area contributed by atoms with Gasteiger partial charge in [0.15, 0.2) is 0 Å². The fraction of sp³-hybridized carbons (Fsp3) is 0. The fourth-order valence-electron chi connectivity index (χ4n) is 3.59. The molecular formula is C26H18N2O. The zero-order valence-electron chi connectivity index (χ0n) is 15.7. The molecule has 0 saturated carbocycles. The number of fused-ring (bicyclic) bond motifs is 1. The van der Waals surface area contributed by atoms with Gasteiger partial charge >= 0.3 is 0 Å². The Morgan fingerprint density at radius 2 is 1.17 bits per heavy atom. The molecule has 0 amide bonds. The molecule has 0 N–H and O–H groups in total. The molecule has 1 aromatic heterocycles. The second-order valence-corrected chi connectivity index (χ2v) is 6.88. The van der Waals surface area contributed by atoms with Gasteiger partial charge in [0, 0.05) is 5.56 Å². The molecule has 0 aliphatic rings. The van der Waals surface area contributed by atoms with E-state index in [-0.39, 0.29) is 5.56 Å². The first-order valence-electron chi connectivity index (χ1n) is 9.54. The molecule has 1 heterocycles. The minimum Gasteiger partial charge on any atom is -0.268 e. The Hall–Kier alpha value is -3.98.